The Bertz CT molecular complexity index is 1240. The van der Waals surface area contributed by atoms with Crippen LogP contribution in [0.1, 0.15) is 35.2 Å². The van der Waals surface area contributed by atoms with Gasteiger partial charge < -0.3 is 5.32 Å². The maximum atomic E-state index is 14.4. The predicted octanol–water partition coefficient (Wildman–Crippen LogP) is 2.81. The molecule has 0 radical (unpaired) electrons. The molecule has 11 heteroatoms. The molecule has 1 N–H and O–H groups in total. The van der Waals surface area contributed by atoms with E-state index in [4.69, 9.17) is 0 Å². The van der Waals surface area contributed by atoms with Crippen molar-refractivity contribution in [2.75, 3.05) is 32.5 Å². The smallest absolute Gasteiger partial charge is 0.255 e. The molecule has 0 spiro atoms. The lowest BCUT2D eigenvalue weighted by molar-refractivity contribution is 0.102. The normalized spacial score (nSPS) is 15.7. The molecule has 0 aromatic heterocycles. The third-order valence-corrected chi connectivity index (χ3v) is 9.20. The van der Waals surface area contributed by atoms with Gasteiger partial charge in [0, 0.05) is 38.4 Å². The number of halogens is 1. The molecule has 2 aromatic carbocycles. The summed E-state index contributed by atoms with van der Waals surface area (Å²) < 4.78 is 67.5. The average Bonchev–Trinajstić information content (AvgIpc) is 2.75. The van der Waals surface area contributed by atoms with Gasteiger partial charge in [-0.2, -0.15) is 4.31 Å². The monoisotopic (exact) mass is 483 g/mol. The van der Waals surface area contributed by atoms with Gasteiger partial charge >= 0.3 is 0 Å². The highest BCUT2D eigenvalue weighted by molar-refractivity contribution is 7.89. The second kappa shape index (κ2) is 9.26. The Balaban J connectivity index is 1.91. The largest absolute Gasteiger partial charge is 0.322 e. The van der Waals surface area contributed by atoms with E-state index in [2.05, 4.69) is 5.32 Å². The molecule has 1 aliphatic heterocycles. The quantitative estimate of drug-likeness (QED) is 0.681. The van der Waals surface area contributed by atoms with Crippen molar-refractivity contribution in [3.8, 4) is 0 Å². The highest BCUT2D eigenvalue weighted by Gasteiger charge is 2.29. The fourth-order valence-electron chi connectivity index (χ4n) is 3.44. The number of anilines is 1. The number of carbonyl (C=O) groups excluding carboxylic acids is 1. The van der Waals surface area contributed by atoms with Crippen molar-refractivity contribution in [1.29, 1.82) is 0 Å². The number of hydrogen-bond acceptors (Lipinski definition) is 5. The van der Waals surface area contributed by atoms with Gasteiger partial charge in [-0.25, -0.2) is 25.5 Å². The molecule has 0 aliphatic carbocycles. The van der Waals surface area contributed by atoms with Crippen molar-refractivity contribution in [3.05, 3.63) is 53.3 Å². The van der Waals surface area contributed by atoms with Gasteiger partial charge in [0.25, 0.3) is 5.91 Å². The van der Waals surface area contributed by atoms with Gasteiger partial charge in [0.2, 0.25) is 20.0 Å². The Kier molecular flexibility index (Phi) is 7.03. The number of piperidine rings is 1. The summed E-state index contributed by atoms with van der Waals surface area (Å²) in [5.74, 6) is -1.61. The van der Waals surface area contributed by atoms with Crippen molar-refractivity contribution in [3.63, 3.8) is 0 Å². The number of amides is 1. The van der Waals surface area contributed by atoms with E-state index in [1.807, 2.05) is 0 Å². The summed E-state index contributed by atoms with van der Waals surface area (Å²) in [6.45, 7) is 2.26. The van der Waals surface area contributed by atoms with E-state index in [0.29, 0.717) is 31.5 Å². The molecule has 0 unspecified atom stereocenters. The fourth-order valence-corrected chi connectivity index (χ4v) is 6.19. The standard InChI is InChI=1S/C21H26FN3O5S2/c1-15-7-9-17(14-19(15)31(27,28)24(2)3)23-21(26)16-8-10-18(22)20(13-16)32(29,30)25-11-5-4-6-12-25/h7-10,13-14H,4-6,11-12H2,1-3H3,(H,23,26). The van der Waals surface area contributed by atoms with Crippen molar-refractivity contribution in [2.24, 2.45) is 0 Å². The minimum Gasteiger partial charge on any atom is -0.322 e. The van der Waals surface area contributed by atoms with Crippen LogP contribution in [0.25, 0.3) is 0 Å². The molecule has 0 saturated carbocycles. The third-order valence-electron chi connectivity index (χ3n) is 5.33. The van der Waals surface area contributed by atoms with Gasteiger partial charge in [0.05, 0.1) is 4.90 Å². The second-order valence-corrected chi connectivity index (χ2v) is 11.9. The van der Waals surface area contributed by atoms with Crippen LogP contribution in [-0.4, -0.2) is 58.5 Å². The summed E-state index contributed by atoms with van der Waals surface area (Å²) in [6.07, 6.45) is 2.32. The van der Waals surface area contributed by atoms with Crippen molar-refractivity contribution >= 4 is 31.6 Å². The van der Waals surface area contributed by atoms with E-state index in [9.17, 15) is 26.0 Å². The molecule has 3 rings (SSSR count). The first-order valence-corrected chi connectivity index (χ1v) is 13.0. The summed E-state index contributed by atoms with van der Waals surface area (Å²) >= 11 is 0. The highest BCUT2D eigenvalue weighted by atomic mass is 32.2. The number of aryl methyl sites for hydroxylation is 1. The lowest BCUT2D eigenvalue weighted by atomic mass is 10.2. The maximum Gasteiger partial charge on any atom is 0.255 e. The number of benzene rings is 2. The molecule has 0 atom stereocenters. The second-order valence-electron chi connectivity index (χ2n) is 7.83. The van der Waals surface area contributed by atoms with Crippen molar-refractivity contribution < 1.29 is 26.0 Å². The zero-order valence-electron chi connectivity index (χ0n) is 18.1. The minimum absolute atomic E-state index is 0.0350. The van der Waals surface area contributed by atoms with E-state index in [0.717, 1.165) is 22.9 Å². The van der Waals surface area contributed by atoms with Gasteiger partial charge in [-0.15, -0.1) is 0 Å². The van der Waals surface area contributed by atoms with Gasteiger partial charge in [-0.1, -0.05) is 12.5 Å². The number of rotatable bonds is 6. The zero-order chi connectivity index (χ0) is 23.7. The van der Waals surface area contributed by atoms with E-state index in [1.54, 1.807) is 13.0 Å². The van der Waals surface area contributed by atoms with Crippen LogP contribution in [0.3, 0.4) is 0 Å². The molecule has 0 bridgehead atoms. The summed E-state index contributed by atoms with van der Waals surface area (Å²) in [6, 6.07) is 7.58. The zero-order valence-corrected chi connectivity index (χ0v) is 19.8. The van der Waals surface area contributed by atoms with Crippen LogP contribution < -0.4 is 5.32 Å². The number of hydrogen-bond donors (Lipinski definition) is 1. The van der Waals surface area contributed by atoms with Gasteiger partial charge in [-0.3, -0.25) is 4.79 Å². The van der Waals surface area contributed by atoms with Gasteiger partial charge in [-0.05, 0) is 55.7 Å². The van der Waals surface area contributed by atoms with E-state index in [1.165, 1.54) is 36.6 Å². The predicted molar refractivity (Wildman–Crippen MR) is 119 cm³/mol. The maximum absolute atomic E-state index is 14.4. The van der Waals surface area contributed by atoms with E-state index in [-0.39, 0.29) is 16.1 Å². The number of nitrogens with zero attached hydrogens (tertiary/aromatic N) is 2. The van der Waals surface area contributed by atoms with Crippen molar-refractivity contribution in [2.45, 2.75) is 36.0 Å². The molecule has 1 heterocycles. The Labute approximate surface area is 188 Å². The third kappa shape index (κ3) is 4.85. The molecule has 8 nitrogen and oxygen atoms in total. The van der Waals surface area contributed by atoms with E-state index >= 15 is 0 Å². The first kappa shape index (κ1) is 24.3. The fraction of sp³-hybridized carbons (Fsp3) is 0.381. The molecule has 32 heavy (non-hydrogen) atoms. The first-order valence-electron chi connectivity index (χ1n) is 10.1. The van der Waals surface area contributed by atoms with Crippen LogP contribution in [0.2, 0.25) is 0 Å². The lowest BCUT2D eigenvalue weighted by Crippen LogP contribution is -2.36. The summed E-state index contributed by atoms with van der Waals surface area (Å²) in [5.41, 5.74) is 0.666. The molecule has 2 aromatic rings. The molecule has 174 valence electrons. The first-order chi connectivity index (χ1) is 14.9. The van der Waals surface area contributed by atoms with Crippen LogP contribution in [0.4, 0.5) is 10.1 Å². The van der Waals surface area contributed by atoms with Crippen LogP contribution in [0.5, 0.6) is 0 Å². The van der Waals surface area contributed by atoms with E-state index < -0.39 is 36.7 Å². The molecule has 1 fully saturated rings. The van der Waals surface area contributed by atoms with Crippen LogP contribution in [0.15, 0.2) is 46.2 Å². The molecular weight excluding hydrogens is 457 g/mol. The van der Waals surface area contributed by atoms with Crippen molar-refractivity contribution in [1.82, 2.24) is 8.61 Å². The summed E-state index contributed by atoms with van der Waals surface area (Å²) in [4.78, 5) is 12.2. The Morgan fingerprint density at radius 3 is 2.25 bits per heavy atom. The Hall–Kier alpha value is -2.34. The summed E-state index contributed by atoms with van der Waals surface area (Å²) in [7, 11) is -4.99. The summed E-state index contributed by atoms with van der Waals surface area (Å²) in [5, 5.41) is 2.56. The van der Waals surface area contributed by atoms with Gasteiger partial charge in [0.1, 0.15) is 10.7 Å². The Morgan fingerprint density at radius 1 is 0.969 bits per heavy atom. The van der Waals surface area contributed by atoms with Crippen LogP contribution in [0, 0.1) is 12.7 Å². The van der Waals surface area contributed by atoms with Gasteiger partial charge in [0.15, 0.2) is 0 Å². The topological polar surface area (TPSA) is 104 Å². The molecule has 1 amide bonds. The molecule has 1 aliphatic rings. The number of sulfonamides is 2. The minimum atomic E-state index is -4.07. The average molecular weight is 484 g/mol. The number of nitrogens with one attached hydrogen (secondary N) is 1. The molecular formula is C21H26FN3O5S2. The SMILES string of the molecule is Cc1ccc(NC(=O)c2ccc(F)c(S(=O)(=O)N3CCCCC3)c2)cc1S(=O)(=O)N(C)C. The van der Waals surface area contributed by atoms with Crippen LogP contribution in [-0.2, 0) is 20.0 Å². The molecule has 1 saturated heterocycles. The number of carbonyl (C=O) groups is 1. The lowest BCUT2D eigenvalue weighted by Gasteiger charge is -2.26. The highest BCUT2D eigenvalue weighted by Crippen LogP contribution is 2.26. The Morgan fingerprint density at radius 2 is 1.62 bits per heavy atom. The van der Waals surface area contributed by atoms with Crippen LogP contribution >= 0.6 is 0 Å².